The standard InChI is InChI=1S/C32H30N2O4/c1-31(2,3)29(36)26-25(27(35)20-13-15-21(38-4)16-14-20)32(23-11-7-8-12-24(23)33-30(32)37)28-22-10-6-5-9-19(22)17-18-34(26)28/h5-18,25-26,28H,1-4H3,(H,33,37). The van der Waals surface area contributed by atoms with Crippen molar-refractivity contribution in [3.05, 3.63) is 101 Å². The first-order valence-corrected chi connectivity index (χ1v) is 12.9. The second-order valence-electron chi connectivity index (χ2n) is 11.3. The highest BCUT2D eigenvalue weighted by molar-refractivity contribution is 6.15. The van der Waals surface area contributed by atoms with Crippen molar-refractivity contribution >= 4 is 29.2 Å². The molecule has 0 saturated carbocycles. The summed E-state index contributed by atoms with van der Waals surface area (Å²) in [5.74, 6) is -0.889. The summed E-state index contributed by atoms with van der Waals surface area (Å²) in [4.78, 5) is 45.2. The van der Waals surface area contributed by atoms with Crippen LogP contribution < -0.4 is 10.1 Å². The Morgan fingerprint density at radius 1 is 0.947 bits per heavy atom. The molecular formula is C32H30N2O4. The summed E-state index contributed by atoms with van der Waals surface area (Å²) in [5.41, 5.74) is 1.74. The van der Waals surface area contributed by atoms with Crippen molar-refractivity contribution in [2.75, 3.05) is 12.4 Å². The molecule has 1 amide bonds. The topological polar surface area (TPSA) is 75.7 Å². The first-order chi connectivity index (χ1) is 18.2. The molecule has 4 atom stereocenters. The van der Waals surface area contributed by atoms with E-state index < -0.39 is 28.8 Å². The summed E-state index contributed by atoms with van der Waals surface area (Å²) in [5, 5.41) is 3.07. The summed E-state index contributed by atoms with van der Waals surface area (Å²) in [7, 11) is 1.57. The predicted molar refractivity (Wildman–Crippen MR) is 146 cm³/mol. The van der Waals surface area contributed by atoms with Gasteiger partial charge >= 0.3 is 0 Å². The van der Waals surface area contributed by atoms with E-state index in [0.717, 1.165) is 16.7 Å². The average Bonchev–Trinajstić information content (AvgIpc) is 3.39. The molecule has 1 spiro atoms. The number of rotatable bonds is 4. The van der Waals surface area contributed by atoms with E-state index >= 15 is 0 Å². The minimum absolute atomic E-state index is 0.0764. The van der Waals surface area contributed by atoms with Crippen molar-refractivity contribution in [2.24, 2.45) is 11.3 Å². The van der Waals surface area contributed by atoms with E-state index in [1.165, 1.54) is 0 Å². The van der Waals surface area contributed by atoms with Crippen molar-refractivity contribution in [2.45, 2.75) is 38.3 Å². The molecule has 6 rings (SSSR count). The van der Waals surface area contributed by atoms with Gasteiger partial charge in [0.2, 0.25) is 5.91 Å². The maximum atomic E-state index is 14.6. The highest BCUT2D eigenvalue weighted by Crippen LogP contribution is 2.62. The highest BCUT2D eigenvalue weighted by Gasteiger charge is 2.71. The summed E-state index contributed by atoms with van der Waals surface area (Å²) >= 11 is 0. The number of benzene rings is 3. The molecular weight excluding hydrogens is 476 g/mol. The van der Waals surface area contributed by atoms with Crippen LogP contribution in [0, 0.1) is 11.3 Å². The number of hydrogen-bond acceptors (Lipinski definition) is 5. The zero-order chi connectivity index (χ0) is 26.8. The molecule has 1 N–H and O–H groups in total. The number of amides is 1. The smallest absolute Gasteiger partial charge is 0.238 e. The van der Waals surface area contributed by atoms with Gasteiger partial charge in [0.05, 0.1) is 25.1 Å². The molecule has 1 fully saturated rings. The van der Waals surface area contributed by atoms with Crippen LogP contribution in [0.4, 0.5) is 5.69 Å². The fourth-order valence-corrected chi connectivity index (χ4v) is 6.55. The van der Waals surface area contributed by atoms with Crippen LogP contribution in [0.15, 0.2) is 79.0 Å². The molecule has 3 aliphatic rings. The second-order valence-corrected chi connectivity index (χ2v) is 11.3. The summed E-state index contributed by atoms with van der Waals surface area (Å²) in [6.45, 7) is 5.61. The third-order valence-corrected chi connectivity index (χ3v) is 8.24. The first-order valence-electron chi connectivity index (χ1n) is 12.9. The fourth-order valence-electron chi connectivity index (χ4n) is 6.55. The van der Waals surface area contributed by atoms with Gasteiger partial charge in [-0.2, -0.15) is 0 Å². The number of fused-ring (bicyclic) bond motifs is 6. The van der Waals surface area contributed by atoms with Crippen LogP contribution in [-0.4, -0.2) is 35.5 Å². The van der Waals surface area contributed by atoms with E-state index in [0.29, 0.717) is 17.0 Å². The molecule has 6 nitrogen and oxygen atoms in total. The number of carbonyl (C=O) groups is 3. The number of Topliss-reactive ketones (excluding diaryl/α,β-unsaturated/α-hetero) is 2. The molecule has 0 radical (unpaired) electrons. The monoisotopic (exact) mass is 506 g/mol. The van der Waals surface area contributed by atoms with Crippen molar-refractivity contribution in [3.8, 4) is 5.75 Å². The van der Waals surface area contributed by atoms with E-state index in [9.17, 15) is 14.4 Å². The zero-order valence-electron chi connectivity index (χ0n) is 21.9. The number of ketones is 2. The molecule has 38 heavy (non-hydrogen) atoms. The first kappa shape index (κ1) is 24.2. The normalized spacial score (nSPS) is 25.0. The van der Waals surface area contributed by atoms with Gasteiger partial charge < -0.3 is 15.0 Å². The Hall–Kier alpha value is -4.19. The van der Waals surface area contributed by atoms with E-state index in [-0.39, 0.29) is 17.5 Å². The van der Waals surface area contributed by atoms with Gasteiger partial charge in [-0.05, 0) is 53.1 Å². The largest absolute Gasteiger partial charge is 0.497 e. The number of hydrogen-bond donors (Lipinski definition) is 1. The van der Waals surface area contributed by atoms with Gasteiger partial charge in [0.25, 0.3) is 0 Å². The van der Waals surface area contributed by atoms with Crippen LogP contribution in [0.3, 0.4) is 0 Å². The average molecular weight is 507 g/mol. The summed E-state index contributed by atoms with van der Waals surface area (Å²) < 4.78 is 5.30. The van der Waals surface area contributed by atoms with Crippen LogP contribution in [-0.2, 0) is 15.0 Å². The van der Waals surface area contributed by atoms with E-state index in [1.807, 2.05) is 86.5 Å². The Morgan fingerprint density at radius 2 is 1.63 bits per heavy atom. The maximum Gasteiger partial charge on any atom is 0.238 e. The fraction of sp³-hybridized carbons (Fsp3) is 0.281. The maximum absolute atomic E-state index is 14.6. The number of para-hydroxylation sites is 1. The number of nitrogens with one attached hydrogen (secondary N) is 1. The van der Waals surface area contributed by atoms with Crippen LogP contribution in [0.25, 0.3) is 6.08 Å². The van der Waals surface area contributed by atoms with Gasteiger partial charge in [0.1, 0.15) is 11.2 Å². The summed E-state index contributed by atoms with van der Waals surface area (Å²) in [6, 6.07) is 21.0. The van der Waals surface area contributed by atoms with Crippen LogP contribution in [0.2, 0.25) is 0 Å². The van der Waals surface area contributed by atoms with Gasteiger partial charge in [-0.1, -0.05) is 63.2 Å². The number of anilines is 1. The van der Waals surface area contributed by atoms with Crippen molar-refractivity contribution in [1.82, 2.24) is 4.90 Å². The van der Waals surface area contributed by atoms with Crippen molar-refractivity contribution in [1.29, 1.82) is 0 Å². The van der Waals surface area contributed by atoms with Gasteiger partial charge in [-0.25, -0.2) is 0 Å². The number of carbonyl (C=O) groups excluding carboxylic acids is 3. The van der Waals surface area contributed by atoms with Crippen molar-refractivity contribution < 1.29 is 19.1 Å². The van der Waals surface area contributed by atoms with E-state index in [4.69, 9.17) is 4.74 Å². The lowest BCUT2D eigenvalue weighted by Crippen LogP contribution is -2.50. The number of methoxy groups -OCH3 is 1. The van der Waals surface area contributed by atoms with Gasteiger partial charge in [-0.15, -0.1) is 0 Å². The zero-order valence-corrected chi connectivity index (χ0v) is 21.9. The molecule has 4 unspecified atom stereocenters. The lowest BCUT2D eigenvalue weighted by molar-refractivity contribution is -0.131. The van der Waals surface area contributed by atoms with Crippen LogP contribution in [0.1, 0.15) is 53.9 Å². The SMILES string of the molecule is COc1ccc(C(=O)C2C(C(=O)C(C)(C)C)N3C=Cc4ccccc4C3C23C(=O)Nc2ccccc23)cc1. The molecule has 3 heterocycles. The van der Waals surface area contributed by atoms with Crippen LogP contribution >= 0.6 is 0 Å². The lowest BCUT2D eigenvalue weighted by atomic mass is 9.62. The van der Waals surface area contributed by atoms with Gasteiger partial charge in [-0.3, -0.25) is 14.4 Å². The number of ether oxygens (including phenoxy) is 1. The highest BCUT2D eigenvalue weighted by atomic mass is 16.5. The predicted octanol–water partition coefficient (Wildman–Crippen LogP) is 5.41. The Bertz CT molecular complexity index is 1500. The summed E-state index contributed by atoms with van der Waals surface area (Å²) in [6.07, 6.45) is 3.88. The van der Waals surface area contributed by atoms with Crippen molar-refractivity contribution in [3.63, 3.8) is 0 Å². The molecule has 192 valence electrons. The lowest BCUT2D eigenvalue weighted by Gasteiger charge is -2.38. The Morgan fingerprint density at radius 3 is 2.34 bits per heavy atom. The van der Waals surface area contributed by atoms with E-state index in [2.05, 4.69) is 5.32 Å². The molecule has 3 aliphatic heterocycles. The van der Waals surface area contributed by atoms with E-state index in [1.54, 1.807) is 31.4 Å². The molecule has 1 saturated heterocycles. The molecule has 3 aromatic carbocycles. The van der Waals surface area contributed by atoms with Gasteiger partial charge in [0.15, 0.2) is 11.6 Å². The molecule has 0 aromatic heterocycles. The van der Waals surface area contributed by atoms with Crippen LogP contribution in [0.5, 0.6) is 5.75 Å². The third-order valence-electron chi connectivity index (χ3n) is 8.24. The number of nitrogens with zero attached hydrogens (tertiary/aromatic N) is 1. The third kappa shape index (κ3) is 3.22. The van der Waals surface area contributed by atoms with Gasteiger partial charge in [0, 0.05) is 22.9 Å². The Labute approximate surface area is 222 Å². The minimum atomic E-state index is -1.31. The quantitative estimate of drug-likeness (QED) is 0.479. The molecule has 3 aromatic rings. The molecule has 0 aliphatic carbocycles. The Kier molecular flexibility index (Phi) is 5.35. The molecule has 6 heteroatoms. The molecule has 0 bridgehead atoms. The minimum Gasteiger partial charge on any atom is -0.497 e. The Balaban J connectivity index is 1.67. The second kappa shape index (κ2) is 8.42.